The van der Waals surface area contributed by atoms with Crippen molar-refractivity contribution in [1.29, 1.82) is 5.26 Å². The van der Waals surface area contributed by atoms with E-state index < -0.39 is 17.4 Å². The summed E-state index contributed by atoms with van der Waals surface area (Å²) in [5.74, 6) is -0.920. The Morgan fingerprint density at radius 2 is 2.07 bits per heavy atom. The Kier molecular flexibility index (Phi) is 4.41. The summed E-state index contributed by atoms with van der Waals surface area (Å²) in [5.41, 5.74) is 2.46. The van der Waals surface area contributed by atoms with Crippen molar-refractivity contribution < 1.29 is 13.9 Å². The van der Waals surface area contributed by atoms with Crippen molar-refractivity contribution in [2.45, 2.75) is 24.9 Å². The number of benzene rings is 2. The summed E-state index contributed by atoms with van der Waals surface area (Å²) in [6.45, 7) is 1.59. The Labute approximate surface area is 157 Å². The molecule has 1 unspecified atom stereocenters. The van der Waals surface area contributed by atoms with E-state index in [1.807, 2.05) is 12.1 Å². The van der Waals surface area contributed by atoms with Gasteiger partial charge in [-0.3, -0.25) is 0 Å². The lowest BCUT2D eigenvalue weighted by Crippen LogP contribution is -2.42. The minimum Gasteiger partial charge on any atom is -0.453 e. The van der Waals surface area contributed by atoms with E-state index in [0.717, 1.165) is 30.6 Å². The summed E-state index contributed by atoms with van der Waals surface area (Å²) in [6.07, 6.45) is 4.48. The first-order valence-electron chi connectivity index (χ1n) is 9.02. The summed E-state index contributed by atoms with van der Waals surface area (Å²) in [5, 5.41) is 8.92. The zero-order valence-electron chi connectivity index (χ0n) is 14.8. The van der Waals surface area contributed by atoms with Crippen molar-refractivity contribution >= 4 is 12.0 Å². The van der Waals surface area contributed by atoms with Crippen molar-refractivity contribution in [3.8, 4) is 6.07 Å². The van der Waals surface area contributed by atoms with Crippen LogP contribution in [0.4, 0.5) is 4.39 Å². The molecule has 2 bridgehead atoms. The topological polar surface area (TPSA) is 53.3 Å². The number of carbonyl (C=O) groups is 1. The third-order valence-electron chi connectivity index (χ3n) is 5.19. The summed E-state index contributed by atoms with van der Waals surface area (Å²) in [7, 11) is 0. The maximum atomic E-state index is 13.4. The van der Waals surface area contributed by atoms with Gasteiger partial charge in [0.05, 0.1) is 23.7 Å². The van der Waals surface area contributed by atoms with E-state index in [2.05, 4.69) is 17.0 Å². The summed E-state index contributed by atoms with van der Waals surface area (Å²) < 4.78 is 19.3. The van der Waals surface area contributed by atoms with E-state index >= 15 is 0 Å². The molecule has 0 spiro atoms. The lowest BCUT2D eigenvalue weighted by molar-refractivity contribution is -0.0270. The van der Waals surface area contributed by atoms with Crippen LogP contribution in [0.1, 0.15) is 40.7 Å². The molecule has 2 aromatic carbocycles. The molecule has 0 radical (unpaired) electrons. The van der Waals surface area contributed by atoms with Crippen LogP contribution in [0.25, 0.3) is 6.08 Å². The molecule has 0 aromatic heterocycles. The molecular formula is C22H19FN2O2. The molecule has 2 aliphatic rings. The second-order valence-electron chi connectivity index (χ2n) is 7.15. The zero-order chi connectivity index (χ0) is 18.9. The summed E-state index contributed by atoms with van der Waals surface area (Å²) >= 11 is 0. The van der Waals surface area contributed by atoms with E-state index in [1.165, 1.54) is 18.2 Å². The molecule has 2 heterocycles. The first-order valence-corrected chi connectivity index (χ1v) is 9.02. The number of hydrogen-bond donors (Lipinski definition) is 0. The van der Waals surface area contributed by atoms with Crippen LogP contribution in [0.15, 0.2) is 54.2 Å². The molecule has 2 fully saturated rings. The highest BCUT2D eigenvalue weighted by molar-refractivity contribution is 5.89. The maximum absolute atomic E-state index is 13.4. The van der Waals surface area contributed by atoms with Crippen molar-refractivity contribution in [2.75, 3.05) is 13.1 Å². The first kappa shape index (κ1) is 17.3. The molecule has 4 nitrogen and oxygen atoms in total. The van der Waals surface area contributed by atoms with E-state index in [-0.39, 0.29) is 5.56 Å². The number of piperidine rings is 1. The standard InChI is InChI=1S/C22H19FN2O2/c23-19-4-1-3-18(12-19)21(26)27-22-9-2-10-25(15-22)20(13-22)11-16-5-7-17(14-24)8-6-16/h1,3-8,11-12H,2,9-10,13,15H2/b20-11+. The van der Waals surface area contributed by atoms with Gasteiger partial charge in [-0.1, -0.05) is 18.2 Å². The van der Waals surface area contributed by atoms with Crippen LogP contribution in [0.3, 0.4) is 0 Å². The number of esters is 1. The van der Waals surface area contributed by atoms with Crippen LogP contribution < -0.4 is 0 Å². The molecule has 0 N–H and O–H groups in total. The van der Waals surface area contributed by atoms with Crippen molar-refractivity contribution in [1.82, 2.24) is 4.90 Å². The van der Waals surface area contributed by atoms with Gasteiger partial charge in [-0.2, -0.15) is 5.26 Å². The van der Waals surface area contributed by atoms with Crippen LogP contribution in [-0.2, 0) is 4.74 Å². The molecule has 2 saturated heterocycles. The Morgan fingerprint density at radius 3 is 2.81 bits per heavy atom. The molecule has 136 valence electrons. The Morgan fingerprint density at radius 1 is 1.26 bits per heavy atom. The van der Waals surface area contributed by atoms with E-state index in [0.29, 0.717) is 18.5 Å². The van der Waals surface area contributed by atoms with Crippen LogP contribution in [0.5, 0.6) is 0 Å². The molecule has 1 atom stereocenters. The predicted molar refractivity (Wildman–Crippen MR) is 99.1 cm³/mol. The molecule has 0 amide bonds. The lowest BCUT2D eigenvalue weighted by atomic mass is 9.94. The molecule has 5 heteroatoms. The number of hydrogen-bond acceptors (Lipinski definition) is 4. The lowest BCUT2D eigenvalue weighted by Gasteiger charge is -2.33. The van der Waals surface area contributed by atoms with Crippen LogP contribution >= 0.6 is 0 Å². The van der Waals surface area contributed by atoms with Gasteiger partial charge in [0.25, 0.3) is 0 Å². The Bertz CT molecular complexity index is 946. The number of nitriles is 1. The van der Waals surface area contributed by atoms with E-state index in [9.17, 15) is 9.18 Å². The van der Waals surface area contributed by atoms with Crippen molar-refractivity contribution in [3.05, 3.63) is 76.7 Å². The largest absolute Gasteiger partial charge is 0.453 e. The van der Waals surface area contributed by atoms with E-state index in [1.54, 1.807) is 18.2 Å². The SMILES string of the molecule is N#Cc1ccc(/C=C2\CC3(OC(=O)c4cccc(F)c4)CCCN2C3)cc1. The average molecular weight is 362 g/mol. The van der Waals surface area contributed by atoms with Gasteiger partial charge in [0.2, 0.25) is 0 Å². The fourth-order valence-electron chi connectivity index (χ4n) is 3.91. The van der Waals surface area contributed by atoms with Gasteiger partial charge in [0.1, 0.15) is 11.4 Å². The zero-order valence-corrected chi connectivity index (χ0v) is 14.8. The molecule has 0 aliphatic carbocycles. The molecule has 2 aliphatic heterocycles. The molecular weight excluding hydrogens is 343 g/mol. The highest BCUT2D eigenvalue weighted by Gasteiger charge is 2.46. The molecule has 27 heavy (non-hydrogen) atoms. The first-order chi connectivity index (χ1) is 13.1. The Balaban J connectivity index is 1.54. The monoisotopic (exact) mass is 362 g/mol. The van der Waals surface area contributed by atoms with Crippen LogP contribution in [-0.4, -0.2) is 29.6 Å². The number of ether oxygens (including phenoxy) is 1. The highest BCUT2D eigenvalue weighted by Crippen LogP contribution is 2.41. The fraction of sp³-hybridized carbons (Fsp3) is 0.273. The maximum Gasteiger partial charge on any atom is 0.338 e. The average Bonchev–Trinajstić information content (AvgIpc) is 2.91. The second kappa shape index (κ2) is 6.88. The van der Waals surface area contributed by atoms with Crippen LogP contribution in [0.2, 0.25) is 0 Å². The van der Waals surface area contributed by atoms with Gasteiger partial charge < -0.3 is 9.64 Å². The molecule has 2 aromatic rings. The second-order valence-corrected chi connectivity index (χ2v) is 7.15. The minimum absolute atomic E-state index is 0.242. The Hall–Kier alpha value is -3.13. The van der Waals surface area contributed by atoms with Gasteiger partial charge in [-0.05, 0) is 54.8 Å². The smallest absolute Gasteiger partial charge is 0.338 e. The predicted octanol–water partition coefficient (Wildman–Crippen LogP) is 4.13. The highest BCUT2D eigenvalue weighted by atomic mass is 19.1. The van der Waals surface area contributed by atoms with E-state index in [4.69, 9.17) is 10.00 Å². The van der Waals surface area contributed by atoms with Crippen molar-refractivity contribution in [3.63, 3.8) is 0 Å². The van der Waals surface area contributed by atoms with Gasteiger partial charge in [0.15, 0.2) is 0 Å². The quantitative estimate of drug-likeness (QED) is 0.771. The third-order valence-corrected chi connectivity index (χ3v) is 5.19. The van der Waals surface area contributed by atoms with Gasteiger partial charge in [-0.15, -0.1) is 0 Å². The number of rotatable bonds is 3. The molecule has 0 saturated carbocycles. The van der Waals surface area contributed by atoms with Crippen LogP contribution in [0, 0.1) is 17.1 Å². The fourth-order valence-corrected chi connectivity index (χ4v) is 3.91. The normalized spacial score (nSPS) is 22.5. The number of carbonyl (C=O) groups excluding carboxylic acids is 1. The van der Waals surface area contributed by atoms with Gasteiger partial charge in [0, 0.05) is 18.7 Å². The third kappa shape index (κ3) is 3.56. The molecule has 4 rings (SSSR count). The number of halogens is 1. The van der Waals surface area contributed by atoms with Crippen molar-refractivity contribution in [2.24, 2.45) is 0 Å². The minimum atomic E-state index is -0.555. The summed E-state index contributed by atoms with van der Waals surface area (Å²) in [4.78, 5) is 14.8. The summed E-state index contributed by atoms with van der Waals surface area (Å²) in [6, 6.07) is 15.2. The van der Waals surface area contributed by atoms with Gasteiger partial charge in [-0.25, -0.2) is 9.18 Å². The van der Waals surface area contributed by atoms with Gasteiger partial charge >= 0.3 is 5.97 Å². The number of nitrogens with zero attached hydrogens (tertiary/aromatic N) is 2. The number of fused-ring (bicyclic) bond motifs is 2.